The average Bonchev–Trinajstić information content (AvgIpc) is 2.98. The van der Waals surface area contributed by atoms with E-state index in [1.165, 1.54) is 0 Å². The number of para-hydroxylation sites is 2. The lowest BCUT2D eigenvalue weighted by atomic mass is 10.0. The standard InChI is InChI=1S/C22H24BrN3O3/c1-2-11-25-18-5-3-4-6-19(18)26(22(25)28)12-9-21(27)24-17-10-13-29-20-8-7-15(23)14-16(17)20/h3-8,14,17H,2,9-13H2,1H3,(H,24,27). The fraction of sp³-hybridized carbons (Fsp3) is 0.364. The maximum Gasteiger partial charge on any atom is 0.329 e. The number of hydrogen-bond donors (Lipinski definition) is 1. The number of benzene rings is 2. The third-order valence-corrected chi connectivity index (χ3v) is 5.77. The van der Waals surface area contributed by atoms with E-state index < -0.39 is 0 Å². The first-order valence-electron chi connectivity index (χ1n) is 9.98. The molecule has 1 aliphatic heterocycles. The molecular weight excluding hydrogens is 434 g/mol. The fourth-order valence-corrected chi connectivity index (χ4v) is 4.30. The molecule has 0 bridgehead atoms. The van der Waals surface area contributed by atoms with Crippen molar-refractivity contribution in [2.45, 2.75) is 45.3 Å². The van der Waals surface area contributed by atoms with Crippen molar-refractivity contribution in [1.82, 2.24) is 14.5 Å². The molecule has 4 rings (SSSR count). The number of fused-ring (bicyclic) bond motifs is 2. The summed E-state index contributed by atoms with van der Waals surface area (Å²) < 4.78 is 10.1. The van der Waals surface area contributed by atoms with Crippen molar-refractivity contribution < 1.29 is 9.53 Å². The molecule has 1 atom stereocenters. The molecule has 2 heterocycles. The number of ether oxygens (including phenoxy) is 1. The number of rotatable bonds is 6. The molecule has 7 heteroatoms. The van der Waals surface area contributed by atoms with Crippen molar-refractivity contribution in [2.75, 3.05) is 6.61 Å². The number of amides is 1. The fourth-order valence-electron chi connectivity index (χ4n) is 3.92. The van der Waals surface area contributed by atoms with Gasteiger partial charge in [0.05, 0.1) is 23.7 Å². The quantitative estimate of drug-likeness (QED) is 0.607. The summed E-state index contributed by atoms with van der Waals surface area (Å²) in [4.78, 5) is 25.5. The first-order chi connectivity index (χ1) is 14.1. The number of nitrogens with one attached hydrogen (secondary N) is 1. The summed E-state index contributed by atoms with van der Waals surface area (Å²) in [5, 5.41) is 3.11. The molecule has 0 spiro atoms. The Balaban J connectivity index is 1.50. The number of carbonyl (C=O) groups is 1. The summed E-state index contributed by atoms with van der Waals surface area (Å²) in [5.74, 6) is 0.741. The van der Waals surface area contributed by atoms with Gasteiger partial charge in [-0.1, -0.05) is 35.0 Å². The van der Waals surface area contributed by atoms with Gasteiger partial charge in [-0.05, 0) is 36.8 Å². The lowest BCUT2D eigenvalue weighted by Crippen LogP contribution is -2.33. The summed E-state index contributed by atoms with van der Waals surface area (Å²) in [5.41, 5.74) is 2.72. The molecule has 0 radical (unpaired) electrons. The second kappa shape index (κ2) is 8.45. The summed E-state index contributed by atoms with van der Waals surface area (Å²) >= 11 is 3.48. The molecule has 1 amide bonds. The highest BCUT2D eigenvalue weighted by Crippen LogP contribution is 2.34. The summed E-state index contributed by atoms with van der Waals surface area (Å²) in [7, 11) is 0. The van der Waals surface area contributed by atoms with Crippen molar-refractivity contribution in [2.24, 2.45) is 0 Å². The molecule has 0 saturated heterocycles. The van der Waals surface area contributed by atoms with Crippen LogP contribution in [0, 0.1) is 0 Å². The Morgan fingerprint density at radius 3 is 2.62 bits per heavy atom. The normalized spacial score (nSPS) is 15.7. The van der Waals surface area contributed by atoms with Crippen LogP contribution in [0.3, 0.4) is 0 Å². The van der Waals surface area contributed by atoms with Crippen LogP contribution >= 0.6 is 15.9 Å². The van der Waals surface area contributed by atoms with Crippen LogP contribution in [0.2, 0.25) is 0 Å². The molecule has 1 unspecified atom stereocenters. The summed E-state index contributed by atoms with van der Waals surface area (Å²) in [6.45, 7) is 3.66. The molecular formula is C22H24BrN3O3. The van der Waals surface area contributed by atoms with Crippen LogP contribution in [-0.4, -0.2) is 21.6 Å². The van der Waals surface area contributed by atoms with Crippen LogP contribution in [0.25, 0.3) is 11.0 Å². The zero-order chi connectivity index (χ0) is 20.4. The number of aryl methyl sites for hydroxylation is 2. The number of imidazole rings is 1. The van der Waals surface area contributed by atoms with Crippen LogP contribution in [0.15, 0.2) is 51.7 Å². The number of aromatic nitrogens is 2. The number of halogens is 1. The second-order valence-corrected chi connectivity index (χ2v) is 8.18. The second-order valence-electron chi connectivity index (χ2n) is 7.26. The topological polar surface area (TPSA) is 65.3 Å². The molecule has 29 heavy (non-hydrogen) atoms. The van der Waals surface area contributed by atoms with Gasteiger partial charge in [-0.3, -0.25) is 13.9 Å². The van der Waals surface area contributed by atoms with Crippen LogP contribution in [0.5, 0.6) is 5.75 Å². The van der Waals surface area contributed by atoms with E-state index in [4.69, 9.17) is 4.74 Å². The van der Waals surface area contributed by atoms with E-state index in [0.717, 1.165) is 39.7 Å². The SMILES string of the molecule is CCCn1c(=O)n(CCC(=O)NC2CCOc3ccc(Br)cc32)c2ccccc21. The van der Waals surface area contributed by atoms with Gasteiger partial charge in [-0.15, -0.1) is 0 Å². The molecule has 1 aromatic heterocycles. The summed E-state index contributed by atoms with van der Waals surface area (Å²) in [6, 6.07) is 13.5. The minimum Gasteiger partial charge on any atom is -0.493 e. The maximum absolute atomic E-state index is 12.9. The largest absolute Gasteiger partial charge is 0.493 e. The van der Waals surface area contributed by atoms with Gasteiger partial charge in [0, 0.05) is 36.0 Å². The Morgan fingerprint density at radius 2 is 1.90 bits per heavy atom. The van der Waals surface area contributed by atoms with Crippen molar-refractivity contribution in [1.29, 1.82) is 0 Å². The number of nitrogens with zero attached hydrogens (tertiary/aromatic N) is 2. The van der Waals surface area contributed by atoms with Crippen LogP contribution in [-0.2, 0) is 17.9 Å². The van der Waals surface area contributed by atoms with Crippen LogP contribution < -0.4 is 15.7 Å². The predicted molar refractivity (Wildman–Crippen MR) is 116 cm³/mol. The number of hydrogen-bond acceptors (Lipinski definition) is 3. The van der Waals surface area contributed by atoms with Gasteiger partial charge in [0.25, 0.3) is 0 Å². The zero-order valence-electron chi connectivity index (χ0n) is 16.4. The molecule has 1 aliphatic rings. The molecule has 0 aliphatic carbocycles. The maximum atomic E-state index is 12.9. The van der Waals surface area contributed by atoms with E-state index in [1.807, 2.05) is 42.5 Å². The highest BCUT2D eigenvalue weighted by atomic mass is 79.9. The van der Waals surface area contributed by atoms with E-state index in [0.29, 0.717) is 19.7 Å². The van der Waals surface area contributed by atoms with Gasteiger partial charge < -0.3 is 10.1 Å². The highest BCUT2D eigenvalue weighted by molar-refractivity contribution is 9.10. The lowest BCUT2D eigenvalue weighted by Gasteiger charge is -2.27. The van der Waals surface area contributed by atoms with Crippen LogP contribution in [0.4, 0.5) is 0 Å². The van der Waals surface area contributed by atoms with E-state index in [2.05, 4.69) is 28.2 Å². The zero-order valence-corrected chi connectivity index (χ0v) is 17.9. The summed E-state index contributed by atoms with van der Waals surface area (Å²) in [6.07, 6.45) is 1.86. The Kier molecular flexibility index (Phi) is 5.76. The monoisotopic (exact) mass is 457 g/mol. The Hall–Kier alpha value is -2.54. The first kappa shape index (κ1) is 19.8. The van der Waals surface area contributed by atoms with Crippen LogP contribution in [0.1, 0.15) is 37.8 Å². The smallest absolute Gasteiger partial charge is 0.329 e. The highest BCUT2D eigenvalue weighted by Gasteiger charge is 2.23. The molecule has 0 saturated carbocycles. The Morgan fingerprint density at radius 1 is 1.17 bits per heavy atom. The van der Waals surface area contributed by atoms with Crippen molar-refractivity contribution in [3.05, 3.63) is 63.0 Å². The Bertz CT molecular complexity index is 1100. The van der Waals surface area contributed by atoms with E-state index in [9.17, 15) is 9.59 Å². The van der Waals surface area contributed by atoms with Gasteiger partial charge >= 0.3 is 5.69 Å². The number of carbonyl (C=O) groups excluding carboxylic acids is 1. The predicted octanol–water partition coefficient (Wildman–Crippen LogP) is 4.01. The van der Waals surface area contributed by atoms with Crippen molar-refractivity contribution in [3.8, 4) is 5.75 Å². The third kappa shape index (κ3) is 3.96. The third-order valence-electron chi connectivity index (χ3n) is 5.28. The lowest BCUT2D eigenvalue weighted by molar-refractivity contribution is -0.122. The van der Waals surface area contributed by atoms with Crippen molar-refractivity contribution in [3.63, 3.8) is 0 Å². The van der Waals surface area contributed by atoms with E-state index >= 15 is 0 Å². The molecule has 2 aromatic carbocycles. The van der Waals surface area contributed by atoms with Gasteiger partial charge in [-0.25, -0.2) is 4.79 Å². The van der Waals surface area contributed by atoms with Gasteiger partial charge in [-0.2, -0.15) is 0 Å². The van der Waals surface area contributed by atoms with Crippen molar-refractivity contribution >= 4 is 32.9 Å². The molecule has 6 nitrogen and oxygen atoms in total. The molecule has 3 aromatic rings. The molecule has 1 N–H and O–H groups in total. The van der Waals surface area contributed by atoms with Gasteiger partial charge in [0.2, 0.25) is 5.91 Å². The molecule has 152 valence electrons. The molecule has 0 fully saturated rings. The van der Waals surface area contributed by atoms with Gasteiger partial charge in [0.15, 0.2) is 0 Å². The van der Waals surface area contributed by atoms with E-state index in [1.54, 1.807) is 9.13 Å². The Labute approximate surface area is 177 Å². The van der Waals surface area contributed by atoms with E-state index in [-0.39, 0.29) is 24.1 Å². The average molecular weight is 458 g/mol. The van der Waals surface area contributed by atoms with Gasteiger partial charge in [0.1, 0.15) is 5.75 Å². The minimum atomic E-state index is -0.0816. The minimum absolute atomic E-state index is 0.0545. The first-order valence-corrected chi connectivity index (χ1v) is 10.8.